The van der Waals surface area contributed by atoms with Crippen LogP contribution in [0.1, 0.15) is 19.8 Å². The Morgan fingerprint density at radius 2 is 2.27 bits per heavy atom. The van der Waals surface area contributed by atoms with Gasteiger partial charge in [0.05, 0.1) is 11.4 Å². The lowest BCUT2D eigenvalue weighted by molar-refractivity contribution is -0.115. The van der Waals surface area contributed by atoms with E-state index in [1.54, 1.807) is 6.92 Å². The maximum absolute atomic E-state index is 13.2. The maximum atomic E-state index is 13.2. The van der Waals surface area contributed by atoms with E-state index in [9.17, 15) is 13.6 Å². The molecule has 1 aromatic heterocycles. The molecule has 0 aliphatic carbocycles. The first-order valence-corrected chi connectivity index (χ1v) is 9.82. The Morgan fingerprint density at radius 3 is 3.00 bits per heavy atom. The Kier molecular flexibility index (Phi) is 6.38. The molecule has 0 bridgehead atoms. The molecule has 1 aliphatic rings. The van der Waals surface area contributed by atoms with Crippen LogP contribution in [0.15, 0.2) is 22.5 Å². The number of carbonyl (C=O) groups is 1. The second kappa shape index (κ2) is 8.74. The zero-order valence-corrected chi connectivity index (χ0v) is 15.6. The number of benzene rings is 1. The molecule has 3 rings (SSSR count). The Morgan fingerprint density at radius 1 is 1.42 bits per heavy atom. The molecule has 140 valence electrons. The second-order valence-corrected chi connectivity index (χ2v) is 8.33. The van der Waals surface area contributed by atoms with Crippen molar-refractivity contribution in [1.29, 1.82) is 0 Å². The van der Waals surface area contributed by atoms with Crippen molar-refractivity contribution in [3.63, 3.8) is 0 Å². The minimum absolute atomic E-state index is 0.204. The molecule has 2 N–H and O–H groups in total. The highest BCUT2D eigenvalue weighted by atomic mass is 32.2. The maximum Gasteiger partial charge on any atom is 0.237 e. The predicted octanol–water partition coefficient (Wildman–Crippen LogP) is 3.53. The number of hydrogen-bond acceptors (Lipinski definition) is 7. The molecule has 2 aromatic rings. The average Bonchev–Trinajstić information content (AvgIpc) is 3.28. The van der Waals surface area contributed by atoms with Crippen LogP contribution in [0.25, 0.3) is 0 Å². The average molecular weight is 400 g/mol. The summed E-state index contributed by atoms with van der Waals surface area (Å²) < 4.78 is 32.3. The fraction of sp³-hybridized carbons (Fsp3) is 0.438. The fourth-order valence-corrected chi connectivity index (χ4v) is 4.26. The van der Waals surface area contributed by atoms with Crippen molar-refractivity contribution >= 4 is 39.8 Å². The highest BCUT2D eigenvalue weighted by molar-refractivity contribution is 8.02. The summed E-state index contributed by atoms with van der Waals surface area (Å²) in [7, 11) is 0. The van der Waals surface area contributed by atoms with Gasteiger partial charge < -0.3 is 15.4 Å². The number of nitrogens with zero attached hydrogens (tertiary/aromatic N) is 2. The first kappa shape index (κ1) is 19.0. The Bertz CT molecular complexity index is 768. The molecule has 0 saturated carbocycles. The standard InChI is InChI=1S/C16H18F2N4O2S2/c1-9(14(23)20-10-4-5-12(17)13(18)7-10)25-16-22-21-15(26-16)19-8-11-3-2-6-24-11/h4-5,7,9,11H,2-3,6,8H2,1H3,(H,19,21)(H,20,23). The van der Waals surface area contributed by atoms with Crippen LogP contribution in [-0.4, -0.2) is 40.6 Å². The number of halogens is 2. The van der Waals surface area contributed by atoms with Gasteiger partial charge >= 0.3 is 0 Å². The Hall–Kier alpha value is -1.78. The molecule has 0 spiro atoms. The fourth-order valence-electron chi connectivity index (χ4n) is 2.36. The molecule has 1 amide bonds. The molecule has 6 nitrogen and oxygen atoms in total. The van der Waals surface area contributed by atoms with Crippen LogP contribution < -0.4 is 10.6 Å². The molecule has 1 fully saturated rings. The van der Waals surface area contributed by atoms with Crippen molar-refractivity contribution in [3.8, 4) is 0 Å². The molecule has 1 saturated heterocycles. The van der Waals surface area contributed by atoms with Gasteiger partial charge in [-0.05, 0) is 31.9 Å². The van der Waals surface area contributed by atoms with Crippen molar-refractivity contribution in [3.05, 3.63) is 29.8 Å². The monoisotopic (exact) mass is 400 g/mol. The lowest BCUT2D eigenvalue weighted by atomic mass is 10.2. The van der Waals surface area contributed by atoms with E-state index in [2.05, 4.69) is 20.8 Å². The second-order valence-electron chi connectivity index (χ2n) is 5.77. The lowest BCUT2D eigenvalue weighted by Gasteiger charge is -2.10. The van der Waals surface area contributed by atoms with Crippen molar-refractivity contribution in [2.75, 3.05) is 23.8 Å². The highest BCUT2D eigenvalue weighted by Gasteiger charge is 2.19. The van der Waals surface area contributed by atoms with E-state index >= 15 is 0 Å². The molecule has 2 unspecified atom stereocenters. The highest BCUT2D eigenvalue weighted by Crippen LogP contribution is 2.29. The van der Waals surface area contributed by atoms with E-state index in [4.69, 9.17) is 4.74 Å². The summed E-state index contributed by atoms with van der Waals surface area (Å²) in [6, 6.07) is 3.23. The van der Waals surface area contributed by atoms with Gasteiger partial charge in [0.2, 0.25) is 11.0 Å². The smallest absolute Gasteiger partial charge is 0.237 e. The third kappa shape index (κ3) is 5.12. The number of thioether (sulfide) groups is 1. The summed E-state index contributed by atoms with van der Waals surface area (Å²) in [5.74, 6) is -2.29. The topological polar surface area (TPSA) is 76.1 Å². The van der Waals surface area contributed by atoms with Gasteiger partial charge in [0.15, 0.2) is 16.0 Å². The van der Waals surface area contributed by atoms with Crippen LogP contribution in [0.4, 0.5) is 19.6 Å². The quantitative estimate of drug-likeness (QED) is 0.693. The number of aromatic nitrogens is 2. The molecule has 10 heteroatoms. The largest absolute Gasteiger partial charge is 0.376 e. The van der Waals surface area contributed by atoms with Gasteiger partial charge in [-0.2, -0.15) is 0 Å². The van der Waals surface area contributed by atoms with E-state index < -0.39 is 16.9 Å². The molecule has 0 radical (unpaired) electrons. The summed E-state index contributed by atoms with van der Waals surface area (Å²) in [5, 5.41) is 14.1. The van der Waals surface area contributed by atoms with E-state index in [1.165, 1.54) is 29.2 Å². The van der Waals surface area contributed by atoms with Crippen LogP contribution in [0.3, 0.4) is 0 Å². The van der Waals surface area contributed by atoms with Crippen LogP contribution in [0.2, 0.25) is 0 Å². The molecule has 1 aromatic carbocycles. The SMILES string of the molecule is CC(Sc1nnc(NCC2CCCO2)s1)C(=O)Nc1ccc(F)c(F)c1. The van der Waals surface area contributed by atoms with Crippen molar-refractivity contribution in [2.45, 2.75) is 35.5 Å². The minimum atomic E-state index is -1.01. The lowest BCUT2D eigenvalue weighted by Crippen LogP contribution is -2.22. The zero-order valence-electron chi connectivity index (χ0n) is 14.0. The molecule has 1 aliphatic heterocycles. The number of carbonyl (C=O) groups excluding carboxylic acids is 1. The summed E-state index contributed by atoms with van der Waals surface area (Å²) in [6.07, 6.45) is 2.32. The van der Waals surface area contributed by atoms with Gasteiger partial charge in [0.1, 0.15) is 0 Å². The van der Waals surface area contributed by atoms with E-state index in [0.29, 0.717) is 16.0 Å². The molecule has 26 heavy (non-hydrogen) atoms. The number of amides is 1. The number of nitrogens with one attached hydrogen (secondary N) is 2. The normalized spacial score (nSPS) is 17.9. The third-order valence-electron chi connectivity index (χ3n) is 3.75. The third-order valence-corrected chi connectivity index (χ3v) is 5.81. The van der Waals surface area contributed by atoms with Gasteiger partial charge in [-0.15, -0.1) is 10.2 Å². The van der Waals surface area contributed by atoms with E-state index in [-0.39, 0.29) is 17.7 Å². The van der Waals surface area contributed by atoms with Crippen molar-refractivity contribution < 1.29 is 18.3 Å². The molecule has 2 atom stereocenters. The van der Waals surface area contributed by atoms with Crippen molar-refractivity contribution in [1.82, 2.24) is 10.2 Å². The molecular weight excluding hydrogens is 382 g/mol. The summed E-state index contributed by atoms with van der Waals surface area (Å²) in [4.78, 5) is 12.2. The molecular formula is C16H18F2N4O2S2. The first-order valence-electron chi connectivity index (χ1n) is 8.13. The van der Waals surface area contributed by atoms with Gasteiger partial charge in [-0.1, -0.05) is 23.1 Å². The summed E-state index contributed by atoms with van der Waals surface area (Å²) in [6.45, 7) is 3.19. The summed E-state index contributed by atoms with van der Waals surface area (Å²) >= 11 is 2.61. The predicted molar refractivity (Wildman–Crippen MR) is 97.7 cm³/mol. The van der Waals surface area contributed by atoms with Gasteiger partial charge in [-0.25, -0.2) is 8.78 Å². The van der Waals surface area contributed by atoms with Crippen molar-refractivity contribution in [2.24, 2.45) is 0 Å². The van der Waals surface area contributed by atoms with Gasteiger partial charge in [-0.3, -0.25) is 4.79 Å². The Labute approximate surface area is 157 Å². The van der Waals surface area contributed by atoms with E-state index in [1.807, 2.05) is 0 Å². The number of ether oxygens (including phenoxy) is 1. The van der Waals surface area contributed by atoms with Gasteiger partial charge in [0, 0.05) is 24.9 Å². The van der Waals surface area contributed by atoms with E-state index in [0.717, 1.165) is 31.6 Å². The van der Waals surface area contributed by atoms with Gasteiger partial charge in [0.25, 0.3) is 0 Å². The minimum Gasteiger partial charge on any atom is -0.376 e. The number of hydrogen-bond donors (Lipinski definition) is 2. The van der Waals surface area contributed by atoms with Crippen LogP contribution >= 0.6 is 23.1 Å². The number of rotatable bonds is 7. The van der Waals surface area contributed by atoms with Crippen LogP contribution in [-0.2, 0) is 9.53 Å². The Balaban J connectivity index is 1.49. The summed E-state index contributed by atoms with van der Waals surface area (Å²) in [5.41, 5.74) is 0.206. The first-order chi connectivity index (χ1) is 12.5. The van der Waals surface area contributed by atoms with Crippen LogP contribution in [0, 0.1) is 11.6 Å². The number of anilines is 2. The molecule has 2 heterocycles. The van der Waals surface area contributed by atoms with Crippen LogP contribution in [0.5, 0.6) is 0 Å². The zero-order chi connectivity index (χ0) is 18.5.